The number of rotatable bonds is 6. The zero-order valence-corrected chi connectivity index (χ0v) is 18.3. The fraction of sp³-hybridized carbons (Fsp3) is 0.429. The van der Waals surface area contributed by atoms with E-state index in [0.29, 0.717) is 19.7 Å². The fourth-order valence-corrected chi connectivity index (χ4v) is 6.51. The Hall–Kier alpha value is -1.78. The normalized spacial score (nSPS) is 20.6. The second-order valence-electron chi connectivity index (χ2n) is 7.60. The van der Waals surface area contributed by atoms with Crippen molar-refractivity contribution in [2.24, 2.45) is 0 Å². The van der Waals surface area contributed by atoms with Gasteiger partial charge in [-0.25, -0.2) is 21.6 Å². The number of hydrogen-bond donors (Lipinski definition) is 1. The molecule has 2 heterocycles. The first kappa shape index (κ1) is 21.5. The quantitative estimate of drug-likeness (QED) is 0.730. The van der Waals surface area contributed by atoms with Gasteiger partial charge in [-0.3, -0.25) is 0 Å². The third-order valence-corrected chi connectivity index (χ3v) is 8.99. The van der Waals surface area contributed by atoms with Gasteiger partial charge < -0.3 is 4.74 Å². The molecule has 2 aliphatic rings. The molecular weight excluding hydrogens is 424 g/mol. The van der Waals surface area contributed by atoms with E-state index < -0.39 is 20.0 Å². The number of piperidine rings is 1. The van der Waals surface area contributed by atoms with E-state index in [9.17, 15) is 16.8 Å². The zero-order valence-electron chi connectivity index (χ0n) is 16.7. The summed E-state index contributed by atoms with van der Waals surface area (Å²) < 4.78 is 60.7. The number of sulfonamides is 2. The van der Waals surface area contributed by atoms with Gasteiger partial charge in [-0.15, -0.1) is 0 Å². The van der Waals surface area contributed by atoms with E-state index in [1.54, 1.807) is 0 Å². The van der Waals surface area contributed by atoms with Crippen molar-refractivity contribution in [3.05, 3.63) is 59.7 Å². The van der Waals surface area contributed by atoms with Gasteiger partial charge in [0.05, 0.1) is 22.5 Å². The average molecular weight is 451 g/mol. The van der Waals surface area contributed by atoms with Crippen LogP contribution >= 0.6 is 0 Å². The maximum Gasteiger partial charge on any atom is 0.243 e. The van der Waals surface area contributed by atoms with E-state index in [1.807, 2.05) is 24.3 Å². The van der Waals surface area contributed by atoms with Gasteiger partial charge in [0.2, 0.25) is 20.0 Å². The van der Waals surface area contributed by atoms with Gasteiger partial charge in [0, 0.05) is 19.6 Å². The summed E-state index contributed by atoms with van der Waals surface area (Å²) in [5, 5.41) is 0. The Morgan fingerprint density at radius 2 is 1.57 bits per heavy atom. The molecule has 1 unspecified atom stereocenters. The molecule has 7 nitrogen and oxygen atoms in total. The van der Waals surface area contributed by atoms with E-state index in [2.05, 4.69) is 4.72 Å². The van der Waals surface area contributed by atoms with Crippen molar-refractivity contribution in [2.45, 2.75) is 41.6 Å². The highest BCUT2D eigenvalue weighted by atomic mass is 32.2. The van der Waals surface area contributed by atoms with E-state index in [0.717, 1.165) is 31.2 Å². The number of nitrogens with zero attached hydrogens (tertiary/aromatic N) is 1. The molecule has 0 radical (unpaired) electrons. The summed E-state index contributed by atoms with van der Waals surface area (Å²) in [7, 11) is -7.38. The van der Waals surface area contributed by atoms with Crippen LogP contribution in [0.15, 0.2) is 58.3 Å². The molecule has 4 rings (SSSR count). The van der Waals surface area contributed by atoms with Gasteiger partial charge in [0.25, 0.3) is 0 Å². The fourth-order valence-electron chi connectivity index (χ4n) is 3.96. The first-order valence-corrected chi connectivity index (χ1v) is 13.1. The van der Waals surface area contributed by atoms with Crippen LogP contribution in [0.25, 0.3) is 0 Å². The average Bonchev–Trinajstić information content (AvgIpc) is 2.78. The van der Waals surface area contributed by atoms with E-state index >= 15 is 0 Å². The SMILES string of the molecule is O=S(=O)(NCC1OCCc2ccccc21)c1ccc(S(=O)(=O)N2CCCCC2)cc1. The first-order valence-electron chi connectivity index (χ1n) is 10.2. The van der Waals surface area contributed by atoms with Gasteiger partial charge in [0.15, 0.2) is 0 Å². The van der Waals surface area contributed by atoms with Gasteiger partial charge >= 0.3 is 0 Å². The lowest BCUT2D eigenvalue weighted by atomic mass is 9.98. The molecule has 0 aromatic heterocycles. The summed E-state index contributed by atoms with van der Waals surface area (Å²) in [6.45, 7) is 1.68. The lowest BCUT2D eigenvalue weighted by Crippen LogP contribution is -2.35. The Bertz CT molecular complexity index is 1090. The molecule has 1 atom stereocenters. The second-order valence-corrected chi connectivity index (χ2v) is 11.3. The summed E-state index contributed by atoms with van der Waals surface area (Å²) in [5.74, 6) is 0. The van der Waals surface area contributed by atoms with Crippen molar-refractivity contribution in [3.8, 4) is 0 Å². The Morgan fingerprint density at radius 3 is 2.30 bits per heavy atom. The van der Waals surface area contributed by atoms with E-state index in [1.165, 1.54) is 34.1 Å². The second kappa shape index (κ2) is 8.76. The van der Waals surface area contributed by atoms with Crippen LogP contribution in [0.3, 0.4) is 0 Å². The van der Waals surface area contributed by atoms with Gasteiger partial charge in [0.1, 0.15) is 0 Å². The van der Waals surface area contributed by atoms with Crippen molar-refractivity contribution in [3.63, 3.8) is 0 Å². The van der Waals surface area contributed by atoms with Gasteiger partial charge in [-0.1, -0.05) is 30.7 Å². The van der Waals surface area contributed by atoms with E-state index in [4.69, 9.17) is 4.74 Å². The lowest BCUT2D eigenvalue weighted by molar-refractivity contribution is 0.0460. The summed E-state index contributed by atoms with van der Waals surface area (Å²) in [5.41, 5.74) is 2.16. The van der Waals surface area contributed by atoms with Crippen LogP contribution in [0, 0.1) is 0 Å². The van der Waals surface area contributed by atoms with Crippen molar-refractivity contribution in [1.29, 1.82) is 0 Å². The molecule has 1 saturated heterocycles. The minimum atomic E-state index is -3.79. The predicted molar refractivity (Wildman–Crippen MR) is 113 cm³/mol. The molecule has 2 aliphatic heterocycles. The van der Waals surface area contributed by atoms with Crippen LogP contribution in [0.2, 0.25) is 0 Å². The molecule has 2 aromatic carbocycles. The van der Waals surface area contributed by atoms with Gasteiger partial charge in [-0.05, 0) is 54.7 Å². The predicted octanol–water partition coefficient (Wildman–Crippen LogP) is 2.45. The maximum absolute atomic E-state index is 12.7. The summed E-state index contributed by atoms with van der Waals surface area (Å²) in [6.07, 6.45) is 3.20. The number of nitrogens with one attached hydrogen (secondary N) is 1. The third kappa shape index (κ3) is 4.45. The summed E-state index contributed by atoms with van der Waals surface area (Å²) >= 11 is 0. The molecule has 162 valence electrons. The van der Waals surface area contributed by atoms with Crippen molar-refractivity contribution in [2.75, 3.05) is 26.2 Å². The highest BCUT2D eigenvalue weighted by Gasteiger charge is 2.27. The molecule has 2 aromatic rings. The zero-order chi connectivity index (χ0) is 21.2. The molecule has 0 amide bonds. The minimum Gasteiger partial charge on any atom is -0.372 e. The van der Waals surface area contributed by atoms with Gasteiger partial charge in [-0.2, -0.15) is 4.31 Å². The van der Waals surface area contributed by atoms with Crippen molar-refractivity contribution < 1.29 is 21.6 Å². The molecule has 0 spiro atoms. The third-order valence-electron chi connectivity index (χ3n) is 5.64. The minimum absolute atomic E-state index is 0.0317. The number of ether oxygens (including phenoxy) is 1. The van der Waals surface area contributed by atoms with Crippen LogP contribution in [-0.2, 0) is 31.2 Å². The van der Waals surface area contributed by atoms with Crippen LogP contribution in [0.1, 0.15) is 36.5 Å². The topological polar surface area (TPSA) is 92.8 Å². The molecule has 1 fully saturated rings. The maximum atomic E-state index is 12.7. The summed E-state index contributed by atoms with van der Waals surface area (Å²) in [6, 6.07) is 13.3. The Balaban J connectivity index is 1.46. The van der Waals surface area contributed by atoms with Crippen LogP contribution in [0.5, 0.6) is 0 Å². The Kier molecular flexibility index (Phi) is 6.26. The van der Waals surface area contributed by atoms with Crippen LogP contribution < -0.4 is 4.72 Å². The van der Waals surface area contributed by atoms with Crippen molar-refractivity contribution in [1.82, 2.24) is 9.03 Å². The number of benzene rings is 2. The highest BCUT2D eigenvalue weighted by Crippen LogP contribution is 2.27. The van der Waals surface area contributed by atoms with Crippen molar-refractivity contribution >= 4 is 20.0 Å². The largest absolute Gasteiger partial charge is 0.372 e. The smallest absolute Gasteiger partial charge is 0.243 e. The van der Waals surface area contributed by atoms with Crippen LogP contribution in [-0.4, -0.2) is 47.4 Å². The molecule has 0 saturated carbocycles. The number of hydrogen-bond acceptors (Lipinski definition) is 5. The first-order chi connectivity index (χ1) is 14.4. The monoisotopic (exact) mass is 450 g/mol. The molecule has 9 heteroatoms. The Labute approximate surface area is 178 Å². The lowest BCUT2D eigenvalue weighted by Gasteiger charge is -2.26. The molecule has 1 N–H and O–H groups in total. The Morgan fingerprint density at radius 1 is 0.900 bits per heavy atom. The standard InChI is InChI=1S/C21H26N2O5S2/c24-29(25,22-16-21-20-7-3-2-6-17(20)12-15-28-21)18-8-10-19(11-9-18)30(26,27)23-13-4-1-5-14-23/h2-3,6-11,21-22H,1,4-5,12-16H2. The molecule has 0 bridgehead atoms. The molecule has 0 aliphatic carbocycles. The molecular formula is C21H26N2O5S2. The van der Waals surface area contributed by atoms with E-state index in [-0.39, 0.29) is 22.4 Å². The number of fused-ring (bicyclic) bond motifs is 1. The molecule has 30 heavy (non-hydrogen) atoms. The summed E-state index contributed by atoms with van der Waals surface area (Å²) in [4.78, 5) is 0.150. The van der Waals surface area contributed by atoms with Crippen LogP contribution in [0.4, 0.5) is 0 Å². The highest BCUT2D eigenvalue weighted by molar-refractivity contribution is 7.89.